The molecule has 136 valence electrons. The number of halogens is 1. The molecule has 2 heterocycles. The fraction of sp³-hybridized carbons (Fsp3) is 0.474. The van der Waals surface area contributed by atoms with Gasteiger partial charge in [-0.05, 0) is 37.8 Å². The number of carbonyl (C=O) groups is 1. The molecule has 25 heavy (non-hydrogen) atoms. The number of hydrogen-bond acceptors (Lipinski definition) is 3. The van der Waals surface area contributed by atoms with E-state index in [0.29, 0.717) is 5.56 Å². The molecular weight excluding hydrogens is 336 g/mol. The second-order valence-electron chi connectivity index (χ2n) is 6.98. The van der Waals surface area contributed by atoms with E-state index >= 15 is 0 Å². The maximum Gasteiger partial charge on any atom is 0.257 e. The molecule has 5 nitrogen and oxygen atoms in total. The number of aryl methyl sites for hydroxylation is 1. The summed E-state index contributed by atoms with van der Waals surface area (Å²) in [7, 11) is 0. The summed E-state index contributed by atoms with van der Waals surface area (Å²) >= 11 is 0. The van der Waals surface area contributed by atoms with Gasteiger partial charge in [0.2, 0.25) is 0 Å². The number of nitrogens with two attached hydrogens (primary N) is 1. The third-order valence-electron chi connectivity index (χ3n) is 4.69. The van der Waals surface area contributed by atoms with E-state index in [-0.39, 0.29) is 30.3 Å². The standard InChI is InChI=1S/C19H26N4O.ClH/c1-13(2)18-17(19(24)22-10-8-15(20)9-11-22)12-21-23(18)16-6-4-14(3)5-7-16;/h4-7,12-13,15H,8-11,20H2,1-3H3;1H. The van der Waals surface area contributed by atoms with Crippen LogP contribution in [0.1, 0.15) is 54.2 Å². The highest BCUT2D eigenvalue weighted by Crippen LogP contribution is 2.25. The molecule has 1 aromatic carbocycles. The van der Waals surface area contributed by atoms with Crippen molar-refractivity contribution in [1.29, 1.82) is 0 Å². The average Bonchev–Trinajstić information content (AvgIpc) is 3.01. The van der Waals surface area contributed by atoms with Gasteiger partial charge in [0.15, 0.2) is 0 Å². The quantitative estimate of drug-likeness (QED) is 0.911. The predicted molar refractivity (Wildman–Crippen MR) is 103 cm³/mol. The highest BCUT2D eigenvalue weighted by molar-refractivity contribution is 5.95. The number of hydrogen-bond donors (Lipinski definition) is 1. The van der Waals surface area contributed by atoms with Gasteiger partial charge in [-0.25, -0.2) is 4.68 Å². The zero-order chi connectivity index (χ0) is 17.3. The summed E-state index contributed by atoms with van der Waals surface area (Å²) in [6.07, 6.45) is 3.45. The average molecular weight is 363 g/mol. The van der Waals surface area contributed by atoms with E-state index in [0.717, 1.165) is 37.3 Å². The molecular formula is C19H27ClN4O. The molecule has 2 aromatic rings. The Hall–Kier alpha value is -1.85. The molecule has 1 aromatic heterocycles. The van der Waals surface area contributed by atoms with E-state index in [4.69, 9.17) is 5.73 Å². The fourth-order valence-electron chi connectivity index (χ4n) is 3.24. The van der Waals surface area contributed by atoms with Crippen molar-refractivity contribution in [3.05, 3.63) is 47.3 Å². The molecule has 0 saturated carbocycles. The van der Waals surface area contributed by atoms with Crippen molar-refractivity contribution < 1.29 is 4.79 Å². The lowest BCUT2D eigenvalue weighted by atomic mass is 10.0. The first-order valence-electron chi connectivity index (χ1n) is 8.67. The van der Waals surface area contributed by atoms with Gasteiger partial charge in [-0.1, -0.05) is 31.5 Å². The lowest BCUT2D eigenvalue weighted by molar-refractivity contribution is 0.0713. The molecule has 1 aliphatic heterocycles. The normalized spacial score (nSPS) is 15.3. The van der Waals surface area contributed by atoms with Gasteiger partial charge in [-0.3, -0.25) is 4.79 Å². The summed E-state index contributed by atoms with van der Waals surface area (Å²) in [4.78, 5) is 14.9. The van der Waals surface area contributed by atoms with Crippen LogP contribution < -0.4 is 5.73 Å². The molecule has 0 spiro atoms. The molecule has 1 fully saturated rings. The Bertz CT molecular complexity index is 716. The number of piperidine rings is 1. The van der Waals surface area contributed by atoms with E-state index in [9.17, 15) is 4.79 Å². The zero-order valence-corrected chi connectivity index (χ0v) is 15.9. The van der Waals surface area contributed by atoms with Crippen molar-refractivity contribution in [3.8, 4) is 5.69 Å². The second-order valence-corrected chi connectivity index (χ2v) is 6.98. The number of rotatable bonds is 3. The van der Waals surface area contributed by atoms with Crippen LogP contribution in [-0.4, -0.2) is 39.7 Å². The Balaban J connectivity index is 0.00000225. The number of likely N-dealkylation sites (tertiary alicyclic amines) is 1. The topological polar surface area (TPSA) is 64.2 Å². The van der Waals surface area contributed by atoms with E-state index in [2.05, 4.69) is 38.0 Å². The molecule has 1 aliphatic rings. The number of amides is 1. The fourth-order valence-corrected chi connectivity index (χ4v) is 3.24. The number of nitrogens with zero attached hydrogens (tertiary/aromatic N) is 3. The van der Waals surface area contributed by atoms with Gasteiger partial charge in [-0.2, -0.15) is 5.10 Å². The third-order valence-corrected chi connectivity index (χ3v) is 4.69. The van der Waals surface area contributed by atoms with E-state index < -0.39 is 0 Å². The second kappa shape index (κ2) is 8.02. The van der Waals surface area contributed by atoms with Gasteiger partial charge in [-0.15, -0.1) is 12.4 Å². The van der Waals surface area contributed by atoms with E-state index in [1.54, 1.807) is 6.20 Å². The minimum Gasteiger partial charge on any atom is -0.338 e. The number of aromatic nitrogens is 2. The first-order chi connectivity index (χ1) is 11.5. The molecule has 0 atom stereocenters. The molecule has 0 unspecified atom stereocenters. The SMILES string of the molecule is Cc1ccc(-n2ncc(C(=O)N3CCC(N)CC3)c2C(C)C)cc1.Cl. The summed E-state index contributed by atoms with van der Waals surface area (Å²) in [6, 6.07) is 8.43. The first kappa shape index (κ1) is 19.5. The van der Waals surface area contributed by atoms with Crippen LogP contribution in [0.5, 0.6) is 0 Å². The van der Waals surface area contributed by atoms with Gasteiger partial charge in [0.05, 0.1) is 23.1 Å². The zero-order valence-electron chi connectivity index (χ0n) is 15.1. The first-order valence-corrected chi connectivity index (χ1v) is 8.67. The monoisotopic (exact) mass is 362 g/mol. The molecule has 0 bridgehead atoms. The van der Waals surface area contributed by atoms with Gasteiger partial charge in [0.25, 0.3) is 5.91 Å². The minimum atomic E-state index is 0. The van der Waals surface area contributed by atoms with Crippen molar-refractivity contribution in [3.63, 3.8) is 0 Å². The van der Waals surface area contributed by atoms with Crippen molar-refractivity contribution in [2.24, 2.45) is 5.73 Å². The molecule has 3 rings (SSSR count). The van der Waals surface area contributed by atoms with Crippen LogP contribution >= 0.6 is 12.4 Å². The maximum atomic E-state index is 13.0. The van der Waals surface area contributed by atoms with Crippen molar-refractivity contribution in [2.45, 2.75) is 45.6 Å². The van der Waals surface area contributed by atoms with Crippen LogP contribution in [0.3, 0.4) is 0 Å². The largest absolute Gasteiger partial charge is 0.338 e. The summed E-state index contributed by atoms with van der Waals surface area (Å²) in [5.74, 6) is 0.281. The Kier molecular flexibility index (Phi) is 6.25. The molecule has 6 heteroatoms. The van der Waals surface area contributed by atoms with E-state index in [1.807, 2.05) is 21.7 Å². The van der Waals surface area contributed by atoms with Crippen LogP contribution in [0.15, 0.2) is 30.5 Å². The van der Waals surface area contributed by atoms with Gasteiger partial charge in [0, 0.05) is 19.1 Å². The minimum absolute atomic E-state index is 0. The number of benzene rings is 1. The van der Waals surface area contributed by atoms with Crippen LogP contribution in [0.25, 0.3) is 5.69 Å². The van der Waals surface area contributed by atoms with E-state index in [1.165, 1.54) is 5.56 Å². The van der Waals surface area contributed by atoms with Crippen molar-refractivity contribution >= 4 is 18.3 Å². The van der Waals surface area contributed by atoms with Crippen LogP contribution in [0.4, 0.5) is 0 Å². The Morgan fingerprint density at radius 1 is 1.20 bits per heavy atom. The lowest BCUT2D eigenvalue weighted by Crippen LogP contribution is -2.43. The van der Waals surface area contributed by atoms with Crippen molar-refractivity contribution in [2.75, 3.05) is 13.1 Å². The van der Waals surface area contributed by atoms with Crippen LogP contribution in [0.2, 0.25) is 0 Å². The summed E-state index contributed by atoms with van der Waals surface area (Å²) in [5, 5.41) is 4.51. The van der Waals surface area contributed by atoms with Crippen LogP contribution in [-0.2, 0) is 0 Å². The molecule has 0 radical (unpaired) electrons. The third kappa shape index (κ3) is 4.05. The molecule has 1 saturated heterocycles. The Morgan fingerprint density at radius 3 is 2.36 bits per heavy atom. The van der Waals surface area contributed by atoms with Crippen LogP contribution in [0, 0.1) is 6.92 Å². The Morgan fingerprint density at radius 2 is 1.80 bits per heavy atom. The molecule has 1 amide bonds. The van der Waals surface area contributed by atoms with Gasteiger partial charge >= 0.3 is 0 Å². The predicted octanol–water partition coefficient (Wildman–Crippen LogP) is 3.29. The van der Waals surface area contributed by atoms with Gasteiger partial charge < -0.3 is 10.6 Å². The van der Waals surface area contributed by atoms with Gasteiger partial charge in [0.1, 0.15) is 0 Å². The summed E-state index contributed by atoms with van der Waals surface area (Å²) < 4.78 is 1.90. The lowest BCUT2D eigenvalue weighted by Gasteiger charge is -2.30. The smallest absolute Gasteiger partial charge is 0.257 e. The van der Waals surface area contributed by atoms with Crippen molar-refractivity contribution in [1.82, 2.24) is 14.7 Å². The summed E-state index contributed by atoms with van der Waals surface area (Å²) in [5.41, 5.74) is 9.83. The maximum absolute atomic E-state index is 13.0. The highest BCUT2D eigenvalue weighted by Gasteiger charge is 2.27. The molecule has 2 N–H and O–H groups in total. The Labute approximate surface area is 155 Å². The number of carbonyl (C=O) groups excluding carboxylic acids is 1. The molecule has 0 aliphatic carbocycles. The summed E-state index contributed by atoms with van der Waals surface area (Å²) in [6.45, 7) is 7.72. The highest BCUT2D eigenvalue weighted by atomic mass is 35.5.